The van der Waals surface area contributed by atoms with Crippen LogP contribution in [-0.4, -0.2) is 29.2 Å². The molecule has 0 amide bonds. The number of methoxy groups -OCH3 is 1. The summed E-state index contributed by atoms with van der Waals surface area (Å²) in [5.74, 6) is 1.54. The highest BCUT2D eigenvalue weighted by atomic mass is 35.5. The molecule has 0 atom stereocenters. The van der Waals surface area contributed by atoms with Crippen LogP contribution in [0.2, 0.25) is 5.15 Å². The molecule has 0 saturated heterocycles. The van der Waals surface area contributed by atoms with E-state index in [0.29, 0.717) is 23.1 Å². The van der Waals surface area contributed by atoms with Gasteiger partial charge in [0, 0.05) is 18.7 Å². The molecule has 0 radical (unpaired) electrons. The second-order valence-corrected chi connectivity index (χ2v) is 4.56. The first-order valence-electron chi connectivity index (χ1n) is 5.40. The second kappa shape index (κ2) is 4.55. The van der Waals surface area contributed by atoms with E-state index in [4.69, 9.17) is 16.3 Å². The molecule has 0 aromatic carbocycles. The van der Waals surface area contributed by atoms with Gasteiger partial charge in [-0.3, -0.25) is 0 Å². The van der Waals surface area contributed by atoms with Gasteiger partial charge in [-0.25, -0.2) is 9.97 Å². The molecule has 1 fully saturated rings. The minimum absolute atomic E-state index is 0.385. The third-order valence-electron chi connectivity index (χ3n) is 2.97. The molecule has 1 saturated carbocycles. The van der Waals surface area contributed by atoms with E-state index < -0.39 is 0 Å². The van der Waals surface area contributed by atoms with Gasteiger partial charge in [-0.05, 0) is 26.7 Å². The lowest BCUT2D eigenvalue weighted by Gasteiger charge is -2.35. The number of hydrogen-bond acceptors (Lipinski definition) is 4. The summed E-state index contributed by atoms with van der Waals surface area (Å²) >= 11 is 6.00. The molecule has 0 unspecified atom stereocenters. The van der Waals surface area contributed by atoms with Gasteiger partial charge >= 0.3 is 0 Å². The Morgan fingerprint density at radius 3 is 2.62 bits per heavy atom. The Kier molecular flexibility index (Phi) is 3.30. The SMILES string of the molecule is COC1CC(Nc2nc(C)nc(Cl)c2C)C1. The molecule has 88 valence electrons. The minimum atomic E-state index is 0.385. The van der Waals surface area contributed by atoms with Gasteiger partial charge in [-0.15, -0.1) is 0 Å². The molecule has 1 aliphatic carbocycles. The summed E-state index contributed by atoms with van der Waals surface area (Å²) in [5, 5.41) is 3.90. The van der Waals surface area contributed by atoms with Gasteiger partial charge in [0.05, 0.1) is 6.10 Å². The Labute approximate surface area is 100 Å². The average Bonchev–Trinajstić information content (AvgIpc) is 2.17. The third kappa shape index (κ3) is 2.28. The molecule has 1 N–H and O–H groups in total. The van der Waals surface area contributed by atoms with Gasteiger partial charge < -0.3 is 10.1 Å². The van der Waals surface area contributed by atoms with Crippen LogP contribution in [0.25, 0.3) is 0 Å². The summed E-state index contributed by atoms with van der Waals surface area (Å²) < 4.78 is 5.23. The first-order chi connectivity index (χ1) is 7.60. The number of halogens is 1. The van der Waals surface area contributed by atoms with Crippen molar-refractivity contribution in [1.82, 2.24) is 9.97 Å². The number of rotatable bonds is 3. The van der Waals surface area contributed by atoms with Crippen molar-refractivity contribution in [2.45, 2.75) is 38.8 Å². The van der Waals surface area contributed by atoms with Gasteiger partial charge in [-0.2, -0.15) is 0 Å². The highest BCUT2D eigenvalue weighted by Crippen LogP contribution is 2.28. The van der Waals surface area contributed by atoms with Gasteiger partial charge in [0.15, 0.2) is 0 Å². The van der Waals surface area contributed by atoms with Crippen molar-refractivity contribution in [1.29, 1.82) is 0 Å². The second-order valence-electron chi connectivity index (χ2n) is 4.21. The lowest BCUT2D eigenvalue weighted by molar-refractivity contribution is 0.0327. The molecule has 5 heteroatoms. The highest BCUT2D eigenvalue weighted by Gasteiger charge is 2.29. The molecular formula is C11H16ClN3O. The smallest absolute Gasteiger partial charge is 0.137 e. The quantitative estimate of drug-likeness (QED) is 0.826. The number of aromatic nitrogens is 2. The van der Waals surface area contributed by atoms with Crippen molar-refractivity contribution in [2.75, 3.05) is 12.4 Å². The predicted octanol–water partition coefficient (Wildman–Crippen LogP) is 2.34. The van der Waals surface area contributed by atoms with Gasteiger partial charge in [0.1, 0.15) is 16.8 Å². The fourth-order valence-electron chi connectivity index (χ4n) is 1.80. The zero-order chi connectivity index (χ0) is 11.7. The van der Waals surface area contributed by atoms with E-state index in [2.05, 4.69) is 15.3 Å². The van der Waals surface area contributed by atoms with Crippen molar-refractivity contribution in [3.8, 4) is 0 Å². The minimum Gasteiger partial charge on any atom is -0.381 e. The number of nitrogens with zero attached hydrogens (tertiary/aromatic N) is 2. The summed E-state index contributed by atoms with van der Waals surface area (Å²) in [7, 11) is 1.75. The number of aryl methyl sites for hydroxylation is 1. The largest absolute Gasteiger partial charge is 0.381 e. The Morgan fingerprint density at radius 1 is 1.31 bits per heavy atom. The van der Waals surface area contributed by atoms with Crippen molar-refractivity contribution in [3.63, 3.8) is 0 Å². The zero-order valence-corrected chi connectivity index (χ0v) is 10.5. The molecule has 0 spiro atoms. The van der Waals surface area contributed by atoms with E-state index >= 15 is 0 Å². The average molecular weight is 242 g/mol. The van der Waals surface area contributed by atoms with Crippen LogP contribution in [0, 0.1) is 13.8 Å². The molecule has 1 aromatic rings. The van der Waals surface area contributed by atoms with Crippen LogP contribution in [0.15, 0.2) is 0 Å². The van der Waals surface area contributed by atoms with Crippen LogP contribution in [0.5, 0.6) is 0 Å². The van der Waals surface area contributed by atoms with Crippen molar-refractivity contribution in [3.05, 3.63) is 16.5 Å². The van der Waals surface area contributed by atoms with Crippen molar-refractivity contribution >= 4 is 17.4 Å². The molecule has 1 heterocycles. The Bertz CT molecular complexity index is 391. The lowest BCUT2D eigenvalue weighted by Crippen LogP contribution is -2.40. The van der Waals surface area contributed by atoms with Gasteiger partial charge in [0.2, 0.25) is 0 Å². The summed E-state index contributed by atoms with van der Waals surface area (Å²) in [6.07, 6.45) is 2.43. The van der Waals surface area contributed by atoms with E-state index in [1.165, 1.54) is 0 Å². The monoisotopic (exact) mass is 241 g/mol. The molecule has 0 aliphatic heterocycles. The zero-order valence-electron chi connectivity index (χ0n) is 9.75. The highest BCUT2D eigenvalue weighted by molar-refractivity contribution is 6.30. The molecule has 1 aromatic heterocycles. The predicted molar refractivity (Wildman–Crippen MR) is 64.0 cm³/mol. The summed E-state index contributed by atoms with van der Waals surface area (Å²) in [6, 6.07) is 0.439. The van der Waals surface area contributed by atoms with Crippen LogP contribution in [0.1, 0.15) is 24.2 Å². The topological polar surface area (TPSA) is 47.0 Å². The molecule has 2 rings (SSSR count). The van der Waals surface area contributed by atoms with Crippen LogP contribution in [0.4, 0.5) is 5.82 Å². The first kappa shape index (κ1) is 11.6. The number of anilines is 1. The van der Waals surface area contributed by atoms with Gasteiger partial charge in [0.25, 0.3) is 0 Å². The maximum atomic E-state index is 6.00. The van der Waals surface area contributed by atoms with Crippen LogP contribution >= 0.6 is 11.6 Å². The van der Waals surface area contributed by atoms with Gasteiger partial charge in [-0.1, -0.05) is 11.6 Å². The van der Waals surface area contributed by atoms with E-state index in [1.807, 2.05) is 13.8 Å². The Morgan fingerprint density at radius 2 is 2.00 bits per heavy atom. The molecule has 16 heavy (non-hydrogen) atoms. The fourth-order valence-corrected chi connectivity index (χ4v) is 2.02. The van der Waals surface area contributed by atoms with Crippen LogP contribution < -0.4 is 5.32 Å². The van der Waals surface area contributed by atoms with E-state index in [1.54, 1.807) is 7.11 Å². The fraction of sp³-hybridized carbons (Fsp3) is 0.636. The first-order valence-corrected chi connectivity index (χ1v) is 5.78. The molecule has 0 bridgehead atoms. The molecule has 1 aliphatic rings. The molecule has 4 nitrogen and oxygen atoms in total. The normalized spacial score (nSPS) is 24.0. The standard InChI is InChI=1S/C11H16ClN3O/c1-6-10(12)13-7(2)14-11(6)15-8-4-9(5-8)16-3/h8-9H,4-5H2,1-3H3,(H,13,14,15). The van der Waals surface area contributed by atoms with E-state index in [9.17, 15) is 0 Å². The van der Waals surface area contributed by atoms with E-state index in [0.717, 1.165) is 24.2 Å². The lowest BCUT2D eigenvalue weighted by atomic mass is 9.89. The maximum Gasteiger partial charge on any atom is 0.137 e. The maximum absolute atomic E-state index is 6.00. The van der Waals surface area contributed by atoms with E-state index in [-0.39, 0.29) is 0 Å². The van der Waals surface area contributed by atoms with Crippen molar-refractivity contribution in [2.24, 2.45) is 0 Å². The number of ether oxygens (including phenoxy) is 1. The number of nitrogens with one attached hydrogen (secondary N) is 1. The summed E-state index contributed by atoms with van der Waals surface area (Å²) in [6.45, 7) is 3.77. The summed E-state index contributed by atoms with van der Waals surface area (Å²) in [4.78, 5) is 8.46. The van der Waals surface area contributed by atoms with Crippen molar-refractivity contribution < 1.29 is 4.74 Å². The van der Waals surface area contributed by atoms with Crippen LogP contribution in [-0.2, 0) is 4.74 Å². The van der Waals surface area contributed by atoms with Crippen LogP contribution in [0.3, 0.4) is 0 Å². The third-order valence-corrected chi connectivity index (χ3v) is 3.34. The Balaban J connectivity index is 2.05. The molecular weight excluding hydrogens is 226 g/mol. The Hall–Kier alpha value is -0.870. The number of hydrogen-bond donors (Lipinski definition) is 1. The summed E-state index contributed by atoms with van der Waals surface area (Å²) in [5.41, 5.74) is 0.910.